The van der Waals surface area contributed by atoms with Crippen molar-refractivity contribution in [2.45, 2.75) is 51.2 Å². The second kappa shape index (κ2) is 7.24. The predicted octanol–water partition coefficient (Wildman–Crippen LogP) is 1.05. The second-order valence-electron chi connectivity index (χ2n) is 5.71. The Kier molecular flexibility index (Phi) is 6.19. The minimum Gasteiger partial charge on any atom is -0.469 e. The van der Waals surface area contributed by atoms with E-state index >= 15 is 0 Å². The molecule has 0 saturated heterocycles. The summed E-state index contributed by atoms with van der Waals surface area (Å²) in [5.74, 6) is -0.882. The van der Waals surface area contributed by atoms with Gasteiger partial charge in [0, 0.05) is 6.54 Å². The van der Waals surface area contributed by atoms with E-state index in [2.05, 4.69) is 5.32 Å². The maximum absolute atomic E-state index is 12.0. The Bertz CT molecular complexity index is 480. The first-order chi connectivity index (χ1) is 9.79. The number of sulfone groups is 1. The molecular formula is C14H25NO5S. The molecule has 0 heterocycles. The summed E-state index contributed by atoms with van der Waals surface area (Å²) < 4.78 is 28.6. The van der Waals surface area contributed by atoms with Crippen molar-refractivity contribution in [3.63, 3.8) is 0 Å². The van der Waals surface area contributed by atoms with Crippen LogP contribution in [0.25, 0.3) is 0 Å². The van der Waals surface area contributed by atoms with Crippen LogP contribution in [-0.2, 0) is 24.2 Å². The van der Waals surface area contributed by atoms with Gasteiger partial charge < -0.3 is 10.1 Å². The van der Waals surface area contributed by atoms with Gasteiger partial charge in [-0.05, 0) is 26.2 Å². The van der Waals surface area contributed by atoms with E-state index in [4.69, 9.17) is 4.74 Å². The fourth-order valence-corrected chi connectivity index (χ4v) is 4.08. The molecular weight excluding hydrogens is 294 g/mol. The van der Waals surface area contributed by atoms with Gasteiger partial charge in [-0.25, -0.2) is 8.42 Å². The molecule has 0 spiro atoms. The van der Waals surface area contributed by atoms with Crippen LogP contribution in [0.2, 0.25) is 0 Å². The Morgan fingerprint density at radius 3 is 2.33 bits per heavy atom. The zero-order valence-corrected chi connectivity index (χ0v) is 13.8. The van der Waals surface area contributed by atoms with Crippen LogP contribution in [-0.4, -0.2) is 45.0 Å². The van der Waals surface area contributed by atoms with Crippen LogP contribution in [0.3, 0.4) is 0 Å². The van der Waals surface area contributed by atoms with Crippen molar-refractivity contribution < 1.29 is 22.7 Å². The maximum atomic E-state index is 12.0. The minimum atomic E-state index is -3.43. The molecule has 1 atom stereocenters. The SMILES string of the molecule is CCCS(=O)(=O)[C@H](C)C(=O)NCC1(C(=O)OC)CCCC1. The molecule has 0 aromatic carbocycles. The molecule has 0 aliphatic heterocycles. The Morgan fingerprint density at radius 1 is 1.29 bits per heavy atom. The number of carbonyl (C=O) groups excluding carboxylic acids is 2. The van der Waals surface area contributed by atoms with Gasteiger partial charge in [0.25, 0.3) is 0 Å². The molecule has 0 radical (unpaired) electrons. The third kappa shape index (κ3) is 4.18. The van der Waals surface area contributed by atoms with E-state index < -0.39 is 26.4 Å². The summed E-state index contributed by atoms with van der Waals surface area (Å²) in [5.41, 5.74) is -0.696. The van der Waals surface area contributed by atoms with Crippen molar-refractivity contribution in [2.24, 2.45) is 5.41 Å². The Balaban J connectivity index is 2.69. The lowest BCUT2D eigenvalue weighted by molar-refractivity contribution is -0.152. The normalized spacial score (nSPS) is 19.0. The fraction of sp³-hybridized carbons (Fsp3) is 0.857. The second-order valence-corrected chi connectivity index (χ2v) is 8.15. The van der Waals surface area contributed by atoms with Gasteiger partial charge in [0.1, 0.15) is 5.25 Å². The maximum Gasteiger partial charge on any atom is 0.313 e. The highest BCUT2D eigenvalue weighted by Gasteiger charge is 2.43. The molecule has 1 fully saturated rings. The topological polar surface area (TPSA) is 89.5 Å². The van der Waals surface area contributed by atoms with E-state index in [0.717, 1.165) is 12.8 Å². The Labute approximate surface area is 126 Å². The number of hydrogen-bond donors (Lipinski definition) is 1. The van der Waals surface area contributed by atoms with Crippen LogP contribution in [0, 0.1) is 5.41 Å². The van der Waals surface area contributed by atoms with Crippen LogP contribution < -0.4 is 5.32 Å². The monoisotopic (exact) mass is 319 g/mol. The summed E-state index contributed by atoms with van der Waals surface area (Å²) in [6, 6.07) is 0. The molecule has 1 saturated carbocycles. The molecule has 0 unspecified atom stereocenters. The minimum absolute atomic E-state index is 0.0102. The molecule has 1 aliphatic rings. The molecule has 7 heteroatoms. The first kappa shape index (κ1) is 17.9. The highest BCUT2D eigenvalue weighted by Crippen LogP contribution is 2.38. The van der Waals surface area contributed by atoms with Gasteiger partial charge in [-0.15, -0.1) is 0 Å². The van der Waals surface area contributed by atoms with Gasteiger partial charge in [-0.3, -0.25) is 9.59 Å². The van der Waals surface area contributed by atoms with Gasteiger partial charge >= 0.3 is 5.97 Å². The molecule has 1 N–H and O–H groups in total. The smallest absolute Gasteiger partial charge is 0.313 e. The molecule has 122 valence electrons. The van der Waals surface area contributed by atoms with Crippen molar-refractivity contribution >= 4 is 21.7 Å². The summed E-state index contributed by atoms with van der Waals surface area (Å²) in [6.45, 7) is 3.29. The van der Waals surface area contributed by atoms with E-state index in [1.807, 2.05) is 0 Å². The number of hydrogen-bond acceptors (Lipinski definition) is 5. The van der Waals surface area contributed by atoms with Crippen LogP contribution in [0.1, 0.15) is 46.0 Å². The number of nitrogens with one attached hydrogen (secondary N) is 1. The molecule has 1 amide bonds. The highest BCUT2D eigenvalue weighted by atomic mass is 32.2. The van der Waals surface area contributed by atoms with Crippen molar-refractivity contribution in [1.82, 2.24) is 5.32 Å². The number of ether oxygens (including phenoxy) is 1. The molecule has 6 nitrogen and oxygen atoms in total. The number of methoxy groups -OCH3 is 1. The third-order valence-electron chi connectivity index (χ3n) is 4.18. The van der Waals surface area contributed by atoms with Crippen molar-refractivity contribution in [3.05, 3.63) is 0 Å². The molecule has 0 aromatic heterocycles. The summed E-state index contributed by atoms with van der Waals surface area (Å²) in [7, 11) is -2.10. The van der Waals surface area contributed by atoms with Gasteiger partial charge in [-0.2, -0.15) is 0 Å². The molecule has 0 aromatic rings. The largest absolute Gasteiger partial charge is 0.469 e. The highest BCUT2D eigenvalue weighted by molar-refractivity contribution is 7.92. The zero-order valence-electron chi connectivity index (χ0n) is 13.0. The summed E-state index contributed by atoms with van der Waals surface area (Å²) in [4.78, 5) is 24.0. The van der Waals surface area contributed by atoms with Crippen molar-refractivity contribution in [3.8, 4) is 0 Å². The average Bonchev–Trinajstić information content (AvgIpc) is 2.93. The Hall–Kier alpha value is -1.11. The lowest BCUT2D eigenvalue weighted by Crippen LogP contribution is -2.46. The van der Waals surface area contributed by atoms with Gasteiger partial charge in [0.2, 0.25) is 5.91 Å². The molecule has 21 heavy (non-hydrogen) atoms. The quantitative estimate of drug-likeness (QED) is 0.708. The average molecular weight is 319 g/mol. The number of esters is 1. The van der Waals surface area contributed by atoms with Crippen LogP contribution in [0.15, 0.2) is 0 Å². The summed E-state index contributed by atoms with van der Waals surface area (Å²) >= 11 is 0. The molecule has 1 aliphatic carbocycles. The lowest BCUT2D eigenvalue weighted by atomic mass is 9.86. The standard InChI is InChI=1S/C14H25NO5S/c1-4-9-21(18,19)11(2)12(16)15-10-14(13(17)20-3)7-5-6-8-14/h11H,4-10H2,1-3H3,(H,15,16)/t11-/m1/s1. The number of rotatable bonds is 7. The molecule has 1 rings (SSSR count). The van der Waals surface area contributed by atoms with Crippen LogP contribution in [0.4, 0.5) is 0 Å². The van der Waals surface area contributed by atoms with E-state index in [1.54, 1.807) is 6.92 Å². The van der Waals surface area contributed by atoms with E-state index in [9.17, 15) is 18.0 Å². The molecule has 0 bridgehead atoms. The van der Waals surface area contributed by atoms with Crippen LogP contribution >= 0.6 is 0 Å². The third-order valence-corrected chi connectivity index (χ3v) is 6.45. The van der Waals surface area contributed by atoms with E-state index in [1.165, 1.54) is 14.0 Å². The van der Waals surface area contributed by atoms with Crippen molar-refractivity contribution in [1.29, 1.82) is 0 Å². The van der Waals surface area contributed by atoms with Gasteiger partial charge in [-0.1, -0.05) is 19.8 Å². The summed E-state index contributed by atoms with van der Waals surface area (Å²) in [5, 5.41) is 1.54. The first-order valence-corrected chi connectivity index (χ1v) is 9.08. The van der Waals surface area contributed by atoms with Gasteiger partial charge in [0.15, 0.2) is 9.84 Å². The first-order valence-electron chi connectivity index (χ1n) is 7.37. The van der Waals surface area contributed by atoms with E-state index in [-0.39, 0.29) is 18.3 Å². The lowest BCUT2D eigenvalue weighted by Gasteiger charge is -2.26. The van der Waals surface area contributed by atoms with Crippen LogP contribution in [0.5, 0.6) is 0 Å². The summed E-state index contributed by atoms with van der Waals surface area (Å²) in [6.07, 6.45) is 3.63. The fourth-order valence-electron chi connectivity index (χ4n) is 2.75. The predicted molar refractivity (Wildman–Crippen MR) is 79.5 cm³/mol. The van der Waals surface area contributed by atoms with E-state index in [0.29, 0.717) is 19.3 Å². The van der Waals surface area contributed by atoms with Gasteiger partial charge in [0.05, 0.1) is 18.3 Å². The zero-order chi connectivity index (χ0) is 16.1. The van der Waals surface area contributed by atoms with Crippen molar-refractivity contribution in [2.75, 3.05) is 19.4 Å². The number of amides is 1. The number of carbonyl (C=O) groups is 2. The Morgan fingerprint density at radius 2 is 1.86 bits per heavy atom.